The molecule has 0 heterocycles. The Hall–Kier alpha value is -0.0800. The average Bonchev–Trinajstić information content (AvgIpc) is 3.04. The molecule has 0 radical (unpaired) electrons. The highest BCUT2D eigenvalue weighted by molar-refractivity contribution is 5.26. The van der Waals surface area contributed by atoms with Crippen molar-refractivity contribution in [1.82, 2.24) is 0 Å². The number of rotatable bonds is 2. The van der Waals surface area contributed by atoms with Crippen LogP contribution in [0.2, 0.25) is 0 Å². The van der Waals surface area contributed by atoms with Gasteiger partial charge in [0.25, 0.3) is 0 Å². The lowest BCUT2D eigenvalue weighted by atomic mass is 9.45. The van der Waals surface area contributed by atoms with Gasteiger partial charge in [-0.15, -0.1) is 0 Å². The Labute approximate surface area is 147 Å². The Bertz CT molecular complexity index is 544. The third-order valence-corrected chi connectivity index (χ3v) is 10.5. The van der Waals surface area contributed by atoms with Crippen LogP contribution in [0.15, 0.2) is 0 Å². The predicted molar refractivity (Wildman–Crippen MR) is 95.5 cm³/mol. The van der Waals surface area contributed by atoms with Crippen LogP contribution in [0.25, 0.3) is 0 Å². The molecule has 5 aliphatic carbocycles. The summed E-state index contributed by atoms with van der Waals surface area (Å²) in [5.41, 5.74) is 1.44. The molecule has 2 unspecified atom stereocenters. The largest absolute Gasteiger partial charge is 0.393 e. The molecule has 136 valence electrons. The van der Waals surface area contributed by atoms with Gasteiger partial charge in [-0.2, -0.15) is 0 Å². The number of methoxy groups -OCH3 is 1. The second-order valence-electron chi connectivity index (χ2n) is 10.7. The van der Waals surface area contributed by atoms with Crippen molar-refractivity contribution in [3.8, 4) is 0 Å². The van der Waals surface area contributed by atoms with Crippen LogP contribution >= 0.6 is 0 Å². The fraction of sp³-hybridized carbons (Fsp3) is 1.00. The van der Waals surface area contributed by atoms with Crippen LogP contribution in [-0.2, 0) is 4.74 Å². The zero-order chi connectivity index (χ0) is 16.9. The molecule has 0 aromatic rings. The van der Waals surface area contributed by atoms with E-state index < -0.39 is 0 Å². The van der Waals surface area contributed by atoms with E-state index in [0.29, 0.717) is 28.3 Å². The second kappa shape index (κ2) is 4.80. The summed E-state index contributed by atoms with van der Waals surface area (Å²) < 4.78 is 6.17. The van der Waals surface area contributed by atoms with E-state index in [1.165, 1.54) is 51.4 Å². The second-order valence-corrected chi connectivity index (χ2v) is 10.7. The highest BCUT2D eigenvalue weighted by Gasteiger charge is 2.77. The lowest BCUT2D eigenvalue weighted by Crippen LogP contribution is -2.57. The molecule has 1 spiro atoms. The molecule has 0 saturated heterocycles. The van der Waals surface area contributed by atoms with Crippen LogP contribution in [0.3, 0.4) is 0 Å². The van der Waals surface area contributed by atoms with Crippen LogP contribution in [0.1, 0.15) is 72.1 Å². The maximum Gasteiger partial charge on any atom is 0.0638 e. The SMILES string of the molecule is COC1C[C@H]2[C@@H]3CC[C@H]([C@H](C)O)[C@@]3(C)CC[C@@H]2[C@@]2(C)CC[C@@H]3CC132. The van der Waals surface area contributed by atoms with Crippen molar-refractivity contribution in [2.24, 2.45) is 45.8 Å². The van der Waals surface area contributed by atoms with E-state index >= 15 is 0 Å². The number of hydrogen-bond acceptors (Lipinski definition) is 2. The summed E-state index contributed by atoms with van der Waals surface area (Å²) in [4.78, 5) is 0. The third-order valence-electron chi connectivity index (χ3n) is 10.5. The Morgan fingerprint density at radius 2 is 1.83 bits per heavy atom. The smallest absolute Gasteiger partial charge is 0.0638 e. The van der Waals surface area contributed by atoms with Gasteiger partial charge in [0.05, 0.1) is 12.2 Å². The van der Waals surface area contributed by atoms with Crippen molar-refractivity contribution in [2.45, 2.75) is 84.3 Å². The van der Waals surface area contributed by atoms with Crippen molar-refractivity contribution >= 4 is 0 Å². The maximum absolute atomic E-state index is 10.4. The minimum absolute atomic E-state index is 0.139. The van der Waals surface area contributed by atoms with Crippen molar-refractivity contribution in [3.05, 3.63) is 0 Å². The summed E-state index contributed by atoms with van der Waals surface area (Å²) in [6.07, 6.45) is 11.4. The number of aliphatic hydroxyl groups excluding tert-OH is 1. The molecule has 1 N–H and O–H groups in total. The summed E-state index contributed by atoms with van der Waals surface area (Å²) in [7, 11) is 1.98. The quantitative estimate of drug-likeness (QED) is 0.797. The number of aliphatic hydroxyl groups is 1. The van der Waals surface area contributed by atoms with E-state index in [9.17, 15) is 5.11 Å². The number of fused-ring (bicyclic) bond motifs is 4. The highest BCUT2D eigenvalue weighted by atomic mass is 16.5. The topological polar surface area (TPSA) is 29.5 Å². The first kappa shape index (κ1) is 16.1. The van der Waals surface area contributed by atoms with Gasteiger partial charge in [-0.05, 0) is 98.7 Å². The molecule has 5 rings (SSSR count). The summed E-state index contributed by atoms with van der Waals surface area (Å²) in [6.45, 7) is 7.19. The van der Waals surface area contributed by atoms with Gasteiger partial charge in [-0.25, -0.2) is 0 Å². The standard InChI is InChI=1S/C22H36O2/c1-13(23)16-5-6-17-15-11-19(24-4)22-12-14(22)7-10-21(22,3)18(15)8-9-20(16,17)2/h13-19,23H,5-12H2,1-4H3/t13-,14+,15-,16+,17-,18-,19?,20+,21+,22?/m0/s1. The zero-order valence-corrected chi connectivity index (χ0v) is 16.1. The van der Waals surface area contributed by atoms with Crippen LogP contribution in [0, 0.1) is 45.8 Å². The van der Waals surface area contributed by atoms with Crippen LogP contribution in [0.5, 0.6) is 0 Å². The molecule has 5 saturated carbocycles. The van der Waals surface area contributed by atoms with Gasteiger partial charge in [0.15, 0.2) is 0 Å². The Morgan fingerprint density at radius 3 is 2.50 bits per heavy atom. The van der Waals surface area contributed by atoms with Crippen LogP contribution in [0.4, 0.5) is 0 Å². The lowest BCUT2D eigenvalue weighted by molar-refractivity contribution is -0.162. The fourth-order valence-electron chi connectivity index (χ4n) is 9.41. The van der Waals surface area contributed by atoms with E-state index in [0.717, 1.165) is 23.7 Å². The molecular formula is C22H36O2. The first-order valence-electron chi connectivity index (χ1n) is 10.6. The molecule has 0 amide bonds. The van der Waals surface area contributed by atoms with Gasteiger partial charge in [-0.3, -0.25) is 0 Å². The molecular weight excluding hydrogens is 296 g/mol. The zero-order valence-electron chi connectivity index (χ0n) is 16.1. The molecule has 0 bridgehead atoms. The Morgan fingerprint density at radius 1 is 1.04 bits per heavy atom. The summed E-state index contributed by atoms with van der Waals surface area (Å²) in [6, 6.07) is 0. The van der Waals surface area contributed by atoms with E-state index in [4.69, 9.17) is 4.74 Å². The van der Waals surface area contributed by atoms with Crippen LogP contribution in [-0.4, -0.2) is 24.4 Å². The molecule has 0 aliphatic heterocycles. The molecule has 0 aromatic carbocycles. The molecule has 10 atom stereocenters. The first-order valence-corrected chi connectivity index (χ1v) is 10.6. The minimum atomic E-state index is -0.139. The molecule has 0 aromatic heterocycles. The van der Waals surface area contributed by atoms with Gasteiger partial charge in [0.2, 0.25) is 0 Å². The molecule has 5 fully saturated rings. The Balaban J connectivity index is 1.52. The van der Waals surface area contributed by atoms with Crippen molar-refractivity contribution in [1.29, 1.82) is 0 Å². The normalized spacial score (nSPS) is 62.4. The molecule has 2 heteroatoms. The lowest BCUT2D eigenvalue weighted by Gasteiger charge is -2.60. The summed E-state index contributed by atoms with van der Waals surface area (Å²) in [5.74, 6) is 4.07. The fourth-order valence-corrected chi connectivity index (χ4v) is 9.41. The van der Waals surface area contributed by atoms with E-state index in [-0.39, 0.29) is 6.10 Å². The van der Waals surface area contributed by atoms with Gasteiger partial charge in [0.1, 0.15) is 0 Å². The van der Waals surface area contributed by atoms with Gasteiger partial charge in [0, 0.05) is 12.5 Å². The van der Waals surface area contributed by atoms with Gasteiger partial charge >= 0.3 is 0 Å². The third kappa shape index (κ3) is 1.62. The van der Waals surface area contributed by atoms with E-state index in [2.05, 4.69) is 13.8 Å². The van der Waals surface area contributed by atoms with Crippen LogP contribution < -0.4 is 0 Å². The van der Waals surface area contributed by atoms with E-state index in [1.807, 2.05) is 14.0 Å². The molecule has 24 heavy (non-hydrogen) atoms. The molecule has 5 aliphatic rings. The van der Waals surface area contributed by atoms with Crippen molar-refractivity contribution < 1.29 is 9.84 Å². The predicted octanol–water partition coefficient (Wildman–Crippen LogP) is 4.65. The van der Waals surface area contributed by atoms with Crippen molar-refractivity contribution in [3.63, 3.8) is 0 Å². The monoisotopic (exact) mass is 332 g/mol. The number of hydrogen-bond donors (Lipinski definition) is 1. The summed E-state index contributed by atoms with van der Waals surface area (Å²) in [5, 5.41) is 10.4. The molecule has 2 nitrogen and oxygen atoms in total. The van der Waals surface area contributed by atoms with Crippen molar-refractivity contribution in [2.75, 3.05) is 7.11 Å². The summed E-state index contributed by atoms with van der Waals surface area (Å²) >= 11 is 0. The van der Waals surface area contributed by atoms with Gasteiger partial charge in [-0.1, -0.05) is 13.8 Å². The minimum Gasteiger partial charge on any atom is -0.393 e. The van der Waals surface area contributed by atoms with Gasteiger partial charge < -0.3 is 9.84 Å². The Kier molecular flexibility index (Phi) is 3.22. The first-order chi connectivity index (χ1) is 11.4. The number of ether oxygens (including phenoxy) is 1. The maximum atomic E-state index is 10.4. The average molecular weight is 333 g/mol. The van der Waals surface area contributed by atoms with E-state index in [1.54, 1.807) is 0 Å². The highest BCUT2D eigenvalue weighted by Crippen LogP contribution is 2.82.